The van der Waals surface area contributed by atoms with Crippen molar-refractivity contribution >= 4 is 56.1 Å². The van der Waals surface area contributed by atoms with Gasteiger partial charge in [0.15, 0.2) is 0 Å². The van der Waals surface area contributed by atoms with Gasteiger partial charge in [-0.15, -0.1) is 11.3 Å². The third-order valence-electron chi connectivity index (χ3n) is 8.12. The molecule has 234 valence electrons. The van der Waals surface area contributed by atoms with Crippen molar-refractivity contribution in [2.45, 2.75) is 59.0 Å². The first kappa shape index (κ1) is 31.0. The van der Waals surface area contributed by atoms with Crippen molar-refractivity contribution < 1.29 is 19.1 Å². The van der Waals surface area contributed by atoms with Crippen LogP contribution in [-0.2, 0) is 27.7 Å². The molecule has 2 aromatic heterocycles. The largest absolute Gasteiger partial charge is 0.466 e. The topological polar surface area (TPSA) is 86.6 Å². The SMILES string of the molecule is CCOC(=O)Cc1c(C)cc2nc(-c3ccc4c(c3)c(C3CCN(C(=O)OC(C)(C)C)C3)nn4C)sc2c1-c1ccc(Cl)cc1. The Morgan fingerprint density at radius 2 is 1.82 bits per heavy atom. The van der Waals surface area contributed by atoms with Crippen LogP contribution in [0.1, 0.15) is 56.9 Å². The summed E-state index contributed by atoms with van der Waals surface area (Å²) in [6.07, 6.45) is 0.714. The van der Waals surface area contributed by atoms with Crippen LogP contribution in [0.25, 0.3) is 42.8 Å². The second-order valence-corrected chi connectivity index (χ2v) is 14.0. The number of hydrogen-bond acceptors (Lipinski definition) is 7. The molecule has 0 aliphatic carbocycles. The maximum absolute atomic E-state index is 12.8. The van der Waals surface area contributed by atoms with Gasteiger partial charge in [-0.05, 0) is 94.1 Å². The Morgan fingerprint density at radius 3 is 2.53 bits per heavy atom. The van der Waals surface area contributed by atoms with E-state index in [1.807, 2.05) is 70.6 Å². The van der Waals surface area contributed by atoms with Gasteiger partial charge >= 0.3 is 12.1 Å². The number of aromatic nitrogens is 3. The Bertz CT molecular complexity index is 1920. The average Bonchev–Trinajstić information content (AvgIpc) is 3.71. The number of hydrogen-bond donors (Lipinski definition) is 0. The number of esters is 1. The lowest BCUT2D eigenvalue weighted by atomic mass is 9.93. The molecule has 1 unspecified atom stereocenters. The van der Waals surface area contributed by atoms with Crippen molar-refractivity contribution in [1.82, 2.24) is 19.7 Å². The lowest BCUT2D eigenvalue weighted by molar-refractivity contribution is -0.142. The fourth-order valence-electron chi connectivity index (χ4n) is 6.07. The highest BCUT2D eigenvalue weighted by atomic mass is 35.5. The second-order valence-electron chi connectivity index (χ2n) is 12.6. The number of rotatable bonds is 6. The van der Waals surface area contributed by atoms with E-state index >= 15 is 0 Å². The Kier molecular flexibility index (Phi) is 8.35. The van der Waals surface area contributed by atoms with Gasteiger partial charge in [-0.25, -0.2) is 9.78 Å². The van der Waals surface area contributed by atoms with Crippen molar-refractivity contribution in [3.63, 3.8) is 0 Å². The van der Waals surface area contributed by atoms with Crippen LogP contribution in [0.3, 0.4) is 0 Å². The monoisotopic (exact) mass is 644 g/mol. The van der Waals surface area contributed by atoms with Crippen LogP contribution in [0.5, 0.6) is 0 Å². The van der Waals surface area contributed by atoms with Crippen LogP contribution in [0.15, 0.2) is 48.5 Å². The number of likely N-dealkylation sites (tertiary alicyclic amines) is 1. The van der Waals surface area contributed by atoms with Crippen LogP contribution in [-0.4, -0.2) is 57.0 Å². The van der Waals surface area contributed by atoms with Gasteiger partial charge in [0.05, 0.1) is 34.5 Å². The van der Waals surface area contributed by atoms with Gasteiger partial charge in [-0.2, -0.15) is 5.10 Å². The van der Waals surface area contributed by atoms with E-state index in [1.54, 1.807) is 16.2 Å². The molecule has 1 fully saturated rings. The van der Waals surface area contributed by atoms with E-state index in [0.29, 0.717) is 24.7 Å². The molecule has 5 aromatic rings. The number of thiazole rings is 1. The average molecular weight is 645 g/mol. The standard InChI is InChI=1S/C35H37ClN4O4S/c1-7-43-29(41)18-25-20(2)16-27-32(30(25)21-8-11-24(36)12-9-21)45-33(37-27)22-10-13-28-26(17-22)31(38-39(28)6)23-14-15-40(19-23)34(42)44-35(3,4)5/h8-13,16-17,23H,7,14-15,18-19H2,1-6H3. The maximum Gasteiger partial charge on any atom is 0.410 e. The summed E-state index contributed by atoms with van der Waals surface area (Å²) in [5.74, 6) is -0.150. The number of nitrogens with zero attached hydrogens (tertiary/aromatic N) is 4. The summed E-state index contributed by atoms with van der Waals surface area (Å²) in [7, 11) is 1.95. The van der Waals surface area contributed by atoms with E-state index < -0.39 is 5.60 Å². The van der Waals surface area contributed by atoms with Gasteiger partial charge in [-0.1, -0.05) is 23.7 Å². The molecule has 0 N–H and O–H groups in total. The van der Waals surface area contributed by atoms with Gasteiger partial charge in [-0.3, -0.25) is 9.48 Å². The quantitative estimate of drug-likeness (QED) is 0.173. The van der Waals surface area contributed by atoms with E-state index in [1.165, 1.54) is 0 Å². The first-order chi connectivity index (χ1) is 21.4. The highest BCUT2D eigenvalue weighted by Gasteiger charge is 2.33. The minimum atomic E-state index is -0.537. The molecule has 10 heteroatoms. The minimum absolute atomic E-state index is 0.108. The zero-order valence-corrected chi connectivity index (χ0v) is 28.0. The molecule has 0 radical (unpaired) electrons. The van der Waals surface area contributed by atoms with Gasteiger partial charge in [0.25, 0.3) is 0 Å². The fourth-order valence-corrected chi connectivity index (χ4v) is 7.33. The molecule has 0 spiro atoms. The number of halogens is 1. The van der Waals surface area contributed by atoms with Crippen molar-refractivity contribution in [2.24, 2.45) is 7.05 Å². The normalized spacial score (nSPS) is 15.3. The zero-order valence-electron chi connectivity index (χ0n) is 26.4. The fraction of sp³-hybridized carbons (Fsp3) is 0.371. The molecule has 6 rings (SSSR count). The highest BCUT2D eigenvalue weighted by Crippen LogP contribution is 2.42. The molecule has 0 bridgehead atoms. The lowest BCUT2D eigenvalue weighted by Crippen LogP contribution is -2.35. The van der Waals surface area contributed by atoms with Crippen LogP contribution >= 0.6 is 22.9 Å². The minimum Gasteiger partial charge on any atom is -0.466 e. The smallest absolute Gasteiger partial charge is 0.410 e. The number of ether oxygens (including phenoxy) is 2. The molecule has 1 aliphatic heterocycles. The number of benzene rings is 3. The number of aryl methyl sites for hydroxylation is 2. The highest BCUT2D eigenvalue weighted by molar-refractivity contribution is 7.22. The Balaban J connectivity index is 1.41. The van der Waals surface area contributed by atoms with E-state index in [0.717, 1.165) is 66.1 Å². The molecule has 3 aromatic carbocycles. The Labute approximate surface area is 271 Å². The number of carbonyl (C=O) groups is 2. The predicted octanol–water partition coefficient (Wildman–Crippen LogP) is 8.31. The molecular weight excluding hydrogens is 608 g/mol. The summed E-state index contributed by atoms with van der Waals surface area (Å²) in [4.78, 5) is 32.3. The summed E-state index contributed by atoms with van der Waals surface area (Å²) in [5.41, 5.74) is 7.21. The van der Waals surface area contributed by atoms with Crippen LogP contribution < -0.4 is 0 Å². The molecule has 1 amide bonds. The van der Waals surface area contributed by atoms with E-state index in [2.05, 4.69) is 24.3 Å². The molecule has 1 atom stereocenters. The van der Waals surface area contributed by atoms with Crippen LogP contribution in [0.2, 0.25) is 5.02 Å². The first-order valence-corrected chi connectivity index (χ1v) is 16.4. The molecular formula is C35H37ClN4O4S. The third-order valence-corrected chi connectivity index (χ3v) is 9.51. The van der Waals surface area contributed by atoms with E-state index in [9.17, 15) is 9.59 Å². The Morgan fingerprint density at radius 1 is 1.09 bits per heavy atom. The number of amides is 1. The van der Waals surface area contributed by atoms with Gasteiger partial charge in [0.1, 0.15) is 10.6 Å². The maximum atomic E-state index is 12.8. The number of carbonyl (C=O) groups excluding carboxylic acids is 2. The summed E-state index contributed by atoms with van der Waals surface area (Å²) in [5, 5.41) is 7.50. The first-order valence-electron chi connectivity index (χ1n) is 15.2. The third kappa shape index (κ3) is 6.29. The molecule has 0 saturated carbocycles. The lowest BCUT2D eigenvalue weighted by Gasteiger charge is -2.24. The summed E-state index contributed by atoms with van der Waals surface area (Å²) >= 11 is 7.85. The summed E-state index contributed by atoms with van der Waals surface area (Å²) in [6.45, 7) is 11.0. The predicted molar refractivity (Wildman–Crippen MR) is 180 cm³/mol. The molecule has 1 saturated heterocycles. The molecule has 8 nitrogen and oxygen atoms in total. The number of fused-ring (bicyclic) bond motifs is 2. The van der Waals surface area contributed by atoms with Crippen LogP contribution in [0, 0.1) is 6.92 Å². The summed E-state index contributed by atoms with van der Waals surface area (Å²) < 4.78 is 13.9. The van der Waals surface area contributed by atoms with Crippen molar-refractivity contribution in [3.05, 3.63) is 70.4 Å². The molecule has 45 heavy (non-hydrogen) atoms. The Hall–Kier alpha value is -3.95. The van der Waals surface area contributed by atoms with Gasteiger partial charge in [0, 0.05) is 47.6 Å². The van der Waals surface area contributed by atoms with Crippen LogP contribution in [0.4, 0.5) is 4.79 Å². The molecule has 3 heterocycles. The second kappa shape index (κ2) is 12.1. The van der Waals surface area contributed by atoms with Crippen molar-refractivity contribution in [3.8, 4) is 21.7 Å². The van der Waals surface area contributed by atoms with E-state index in [4.69, 9.17) is 31.2 Å². The van der Waals surface area contributed by atoms with Gasteiger partial charge in [0.2, 0.25) is 0 Å². The van der Waals surface area contributed by atoms with E-state index in [-0.39, 0.29) is 24.4 Å². The zero-order chi connectivity index (χ0) is 32.0. The summed E-state index contributed by atoms with van der Waals surface area (Å²) in [6, 6.07) is 16.1. The van der Waals surface area contributed by atoms with Crippen molar-refractivity contribution in [2.75, 3.05) is 19.7 Å². The van der Waals surface area contributed by atoms with Gasteiger partial charge < -0.3 is 14.4 Å². The van der Waals surface area contributed by atoms with Crippen molar-refractivity contribution in [1.29, 1.82) is 0 Å². The molecule has 1 aliphatic rings.